The zero-order valence-electron chi connectivity index (χ0n) is 14.7. The maximum absolute atomic E-state index is 4.96. The molecule has 3 heteroatoms. The van der Waals surface area contributed by atoms with Crippen LogP contribution in [-0.4, -0.2) is 14.5 Å². The third-order valence-electron chi connectivity index (χ3n) is 4.97. The summed E-state index contributed by atoms with van der Waals surface area (Å²) in [6.45, 7) is 3.02. The number of benzene rings is 3. The van der Waals surface area contributed by atoms with Crippen LogP contribution in [0.25, 0.3) is 33.1 Å². The van der Waals surface area contributed by atoms with Crippen LogP contribution in [-0.2, 0) is 13.0 Å². The van der Waals surface area contributed by atoms with Crippen molar-refractivity contribution >= 4 is 33.1 Å². The molecule has 126 valence electrons. The van der Waals surface area contributed by atoms with Crippen molar-refractivity contribution in [3.63, 3.8) is 0 Å². The third-order valence-corrected chi connectivity index (χ3v) is 4.97. The molecule has 0 fully saturated rings. The van der Waals surface area contributed by atoms with Crippen LogP contribution in [0.4, 0.5) is 0 Å². The summed E-state index contributed by atoms with van der Waals surface area (Å²) in [4.78, 5) is 9.90. The Hall–Kier alpha value is -3.20. The van der Waals surface area contributed by atoms with E-state index < -0.39 is 0 Å². The van der Waals surface area contributed by atoms with Gasteiger partial charge < -0.3 is 4.57 Å². The van der Waals surface area contributed by atoms with E-state index in [0.717, 1.165) is 35.2 Å². The average molecular weight is 337 g/mol. The van der Waals surface area contributed by atoms with Crippen molar-refractivity contribution in [3.05, 3.63) is 83.9 Å². The summed E-state index contributed by atoms with van der Waals surface area (Å²) in [7, 11) is 0. The van der Waals surface area contributed by atoms with Crippen molar-refractivity contribution in [1.29, 1.82) is 0 Å². The van der Waals surface area contributed by atoms with E-state index in [-0.39, 0.29) is 0 Å². The highest BCUT2D eigenvalue weighted by atomic mass is 15.1. The molecular weight excluding hydrogens is 318 g/mol. The van der Waals surface area contributed by atoms with Gasteiger partial charge in [-0.2, -0.15) is 0 Å². The Labute approximate surface area is 151 Å². The van der Waals surface area contributed by atoms with E-state index in [1.165, 1.54) is 22.0 Å². The van der Waals surface area contributed by atoms with Crippen molar-refractivity contribution in [3.8, 4) is 0 Å². The molecule has 0 unspecified atom stereocenters. The van der Waals surface area contributed by atoms with Gasteiger partial charge in [0, 0.05) is 11.9 Å². The lowest BCUT2D eigenvalue weighted by molar-refractivity contribution is 0.738. The van der Waals surface area contributed by atoms with Gasteiger partial charge in [0.2, 0.25) is 0 Å². The fraction of sp³-hybridized carbons (Fsp3) is 0.130. The normalized spacial score (nSPS) is 11.6. The lowest BCUT2D eigenvalue weighted by atomic mass is 10.1. The zero-order chi connectivity index (χ0) is 17.5. The van der Waals surface area contributed by atoms with E-state index in [1.54, 1.807) is 0 Å². The number of rotatable bonds is 3. The number of hydrogen-bond acceptors (Lipinski definition) is 2. The van der Waals surface area contributed by atoms with E-state index in [9.17, 15) is 0 Å². The van der Waals surface area contributed by atoms with Crippen LogP contribution in [0.1, 0.15) is 11.1 Å². The highest BCUT2D eigenvalue weighted by Crippen LogP contribution is 2.29. The molecule has 0 saturated heterocycles. The smallest absolute Gasteiger partial charge is 0.160 e. The number of aromatic nitrogens is 3. The van der Waals surface area contributed by atoms with Gasteiger partial charge in [0.05, 0.1) is 16.6 Å². The van der Waals surface area contributed by atoms with Crippen LogP contribution < -0.4 is 0 Å². The van der Waals surface area contributed by atoms with Crippen LogP contribution in [0.15, 0.2) is 72.8 Å². The van der Waals surface area contributed by atoms with Crippen molar-refractivity contribution in [2.24, 2.45) is 0 Å². The molecule has 0 aliphatic heterocycles. The summed E-state index contributed by atoms with van der Waals surface area (Å²) < 4.78 is 2.32. The van der Waals surface area contributed by atoms with Gasteiger partial charge in [-0.1, -0.05) is 54.1 Å². The van der Waals surface area contributed by atoms with Crippen LogP contribution in [0, 0.1) is 6.92 Å². The minimum Gasteiger partial charge on any atom is -0.324 e. The minimum absolute atomic E-state index is 0.889. The predicted octanol–water partition coefficient (Wildman–Crippen LogP) is 5.29. The average Bonchev–Trinajstić information content (AvgIpc) is 2.97. The SMILES string of the molecule is Cc1ccc2c(c1)c1nc3ccccc3nc1n2CCc1ccccc1. The Balaban J connectivity index is 1.74. The monoisotopic (exact) mass is 337 g/mol. The molecule has 2 heterocycles. The highest BCUT2D eigenvalue weighted by molar-refractivity contribution is 6.06. The molecule has 2 aromatic heterocycles. The molecule has 3 nitrogen and oxygen atoms in total. The number of fused-ring (bicyclic) bond motifs is 4. The van der Waals surface area contributed by atoms with Gasteiger partial charge in [-0.15, -0.1) is 0 Å². The van der Waals surface area contributed by atoms with E-state index >= 15 is 0 Å². The van der Waals surface area contributed by atoms with Crippen molar-refractivity contribution in [1.82, 2.24) is 14.5 Å². The van der Waals surface area contributed by atoms with Crippen molar-refractivity contribution < 1.29 is 0 Å². The van der Waals surface area contributed by atoms with Gasteiger partial charge in [0.25, 0.3) is 0 Å². The van der Waals surface area contributed by atoms with Gasteiger partial charge in [-0.05, 0) is 43.2 Å². The maximum Gasteiger partial charge on any atom is 0.160 e. The van der Waals surface area contributed by atoms with E-state index in [2.05, 4.69) is 60.0 Å². The van der Waals surface area contributed by atoms with Crippen molar-refractivity contribution in [2.45, 2.75) is 19.9 Å². The van der Waals surface area contributed by atoms with Crippen LogP contribution in [0.5, 0.6) is 0 Å². The largest absolute Gasteiger partial charge is 0.324 e. The van der Waals surface area contributed by atoms with Crippen LogP contribution in [0.2, 0.25) is 0 Å². The highest BCUT2D eigenvalue weighted by Gasteiger charge is 2.14. The van der Waals surface area contributed by atoms with Crippen LogP contribution in [0.3, 0.4) is 0 Å². The Kier molecular flexibility index (Phi) is 3.45. The first kappa shape index (κ1) is 15.1. The second-order valence-corrected chi connectivity index (χ2v) is 6.79. The Morgan fingerprint density at radius 1 is 0.808 bits per heavy atom. The lowest BCUT2D eigenvalue weighted by Gasteiger charge is -2.07. The van der Waals surface area contributed by atoms with Crippen molar-refractivity contribution in [2.75, 3.05) is 0 Å². The first-order valence-corrected chi connectivity index (χ1v) is 8.99. The quantitative estimate of drug-likeness (QED) is 0.448. The lowest BCUT2D eigenvalue weighted by Crippen LogP contribution is -2.02. The maximum atomic E-state index is 4.96. The van der Waals surface area contributed by atoms with Crippen LogP contribution >= 0.6 is 0 Å². The summed E-state index contributed by atoms with van der Waals surface area (Å²) in [5.41, 5.74) is 7.65. The number of nitrogens with zero attached hydrogens (tertiary/aromatic N) is 3. The molecule has 26 heavy (non-hydrogen) atoms. The number of para-hydroxylation sites is 2. The molecule has 0 aliphatic carbocycles. The standard InChI is InChI=1S/C23H19N3/c1-16-11-12-21-18(15-16)22-23(25-20-10-6-5-9-19(20)24-22)26(21)14-13-17-7-3-2-4-8-17/h2-12,15H,13-14H2,1H3. The van der Waals surface area contributed by atoms with E-state index in [0.29, 0.717) is 0 Å². The first-order valence-electron chi connectivity index (χ1n) is 8.99. The molecule has 0 aliphatic rings. The Morgan fingerprint density at radius 2 is 1.54 bits per heavy atom. The van der Waals surface area contributed by atoms with Gasteiger partial charge in [0.15, 0.2) is 5.65 Å². The fourth-order valence-corrected chi connectivity index (χ4v) is 3.66. The summed E-state index contributed by atoms with van der Waals surface area (Å²) in [6, 6.07) is 25.3. The topological polar surface area (TPSA) is 30.7 Å². The molecule has 5 aromatic rings. The Morgan fingerprint density at radius 3 is 2.35 bits per heavy atom. The molecule has 3 aromatic carbocycles. The minimum atomic E-state index is 0.889. The summed E-state index contributed by atoms with van der Waals surface area (Å²) in [5, 5.41) is 1.19. The molecule has 0 saturated carbocycles. The third kappa shape index (κ3) is 2.44. The second kappa shape index (κ2) is 5.95. The Bertz CT molecular complexity index is 1240. The predicted molar refractivity (Wildman–Crippen MR) is 107 cm³/mol. The second-order valence-electron chi connectivity index (χ2n) is 6.79. The molecule has 0 atom stereocenters. The van der Waals surface area contributed by atoms with E-state index in [1.807, 2.05) is 24.3 Å². The first-order chi connectivity index (χ1) is 12.8. The number of hydrogen-bond donors (Lipinski definition) is 0. The summed E-state index contributed by atoms with van der Waals surface area (Å²) in [6.07, 6.45) is 0.974. The molecular formula is C23H19N3. The molecule has 0 amide bonds. The molecule has 0 N–H and O–H groups in total. The van der Waals surface area contributed by atoms with Gasteiger partial charge in [-0.25, -0.2) is 9.97 Å². The summed E-state index contributed by atoms with van der Waals surface area (Å²) >= 11 is 0. The molecule has 0 radical (unpaired) electrons. The fourth-order valence-electron chi connectivity index (χ4n) is 3.66. The molecule has 0 bridgehead atoms. The van der Waals surface area contributed by atoms with Gasteiger partial charge in [-0.3, -0.25) is 0 Å². The van der Waals surface area contributed by atoms with E-state index in [4.69, 9.17) is 9.97 Å². The molecule has 5 rings (SSSR count). The van der Waals surface area contributed by atoms with Gasteiger partial charge >= 0.3 is 0 Å². The number of aryl methyl sites for hydroxylation is 3. The van der Waals surface area contributed by atoms with Gasteiger partial charge in [0.1, 0.15) is 5.52 Å². The summed E-state index contributed by atoms with van der Waals surface area (Å²) in [5.74, 6) is 0. The zero-order valence-corrected chi connectivity index (χ0v) is 14.7. The molecule has 0 spiro atoms.